The number of carboxylic acid groups (broad SMARTS) is 1. The van der Waals surface area contributed by atoms with Gasteiger partial charge in [0.2, 0.25) is 5.91 Å². The number of nitrogens with zero attached hydrogens (tertiary/aromatic N) is 1. The Morgan fingerprint density at radius 3 is 2.44 bits per heavy atom. The first-order chi connectivity index (χ1) is 7.50. The molecule has 1 amide bonds. The van der Waals surface area contributed by atoms with E-state index in [4.69, 9.17) is 5.11 Å². The molecule has 1 saturated carbocycles. The van der Waals surface area contributed by atoms with Crippen molar-refractivity contribution in [3.8, 4) is 0 Å². The van der Waals surface area contributed by atoms with Gasteiger partial charge in [0.25, 0.3) is 0 Å². The van der Waals surface area contributed by atoms with E-state index in [1.54, 1.807) is 18.9 Å². The topological polar surface area (TPSA) is 57.6 Å². The second-order valence-corrected chi connectivity index (χ2v) is 4.87. The number of hydrogen-bond donors (Lipinski definition) is 1. The number of amides is 1. The summed E-state index contributed by atoms with van der Waals surface area (Å²) in [5.41, 5.74) is 0. The molecule has 1 rings (SSSR count). The molecule has 0 aromatic heterocycles. The molecule has 0 spiro atoms. The fraction of sp³-hybridized carbons (Fsp3) is 0.833. The molecule has 0 saturated heterocycles. The Balaban J connectivity index is 2.32. The Bertz CT molecular complexity index is 259. The number of carbonyl (C=O) groups excluding carboxylic acids is 1. The molecule has 1 aliphatic carbocycles. The minimum atomic E-state index is -0.900. The zero-order valence-electron chi connectivity index (χ0n) is 10.1. The van der Waals surface area contributed by atoms with Crippen molar-refractivity contribution in [3.63, 3.8) is 0 Å². The fourth-order valence-electron chi connectivity index (χ4n) is 2.19. The Morgan fingerprint density at radius 1 is 1.38 bits per heavy atom. The number of carbonyl (C=O) groups is 2. The average Bonchev–Trinajstić information content (AvgIpc) is 2.69. The van der Waals surface area contributed by atoms with Gasteiger partial charge < -0.3 is 10.0 Å². The lowest BCUT2D eigenvalue weighted by Gasteiger charge is -2.21. The summed E-state index contributed by atoms with van der Waals surface area (Å²) >= 11 is 0. The monoisotopic (exact) mass is 227 g/mol. The lowest BCUT2D eigenvalue weighted by Crippen LogP contribution is -2.33. The van der Waals surface area contributed by atoms with Crippen LogP contribution in [-0.2, 0) is 9.59 Å². The third-order valence-corrected chi connectivity index (χ3v) is 3.33. The molecule has 92 valence electrons. The summed E-state index contributed by atoms with van der Waals surface area (Å²) in [5.74, 6) is -0.919. The number of hydrogen-bond acceptors (Lipinski definition) is 2. The van der Waals surface area contributed by atoms with E-state index in [1.165, 1.54) is 25.7 Å². The molecule has 0 aromatic rings. The summed E-state index contributed by atoms with van der Waals surface area (Å²) in [6.45, 7) is 2.36. The normalized spacial score (nSPS) is 18.4. The second-order valence-electron chi connectivity index (χ2n) is 4.87. The first kappa shape index (κ1) is 13.0. The largest absolute Gasteiger partial charge is 0.481 e. The first-order valence-corrected chi connectivity index (χ1v) is 5.97. The van der Waals surface area contributed by atoms with Gasteiger partial charge in [-0.3, -0.25) is 9.59 Å². The van der Waals surface area contributed by atoms with Gasteiger partial charge in [0.15, 0.2) is 0 Å². The first-order valence-electron chi connectivity index (χ1n) is 5.97. The summed E-state index contributed by atoms with van der Waals surface area (Å²) in [6.07, 6.45) is 5.03. The molecular weight excluding hydrogens is 206 g/mol. The number of aliphatic carboxylic acids is 1. The highest BCUT2D eigenvalue weighted by Gasteiger charge is 2.22. The van der Waals surface area contributed by atoms with Gasteiger partial charge in [-0.15, -0.1) is 0 Å². The van der Waals surface area contributed by atoms with Gasteiger partial charge in [-0.05, 0) is 18.8 Å². The van der Waals surface area contributed by atoms with E-state index in [9.17, 15) is 9.59 Å². The average molecular weight is 227 g/mol. The van der Waals surface area contributed by atoms with Crippen molar-refractivity contribution in [2.75, 3.05) is 13.6 Å². The van der Waals surface area contributed by atoms with E-state index >= 15 is 0 Å². The lowest BCUT2D eigenvalue weighted by atomic mass is 10.1. The SMILES string of the molecule is CC(CC(=O)N(C)CC1CCCC1)C(=O)O. The maximum absolute atomic E-state index is 11.7. The minimum absolute atomic E-state index is 0.0539. The van der Waals surface area contributed by atoms with Crippen molar-refractivity contribution >= 4 is 11.9 Å². The summed E-state index contributed by atoms with van der Waals surface area (Å²) < 4.78 is 0. The van der Waals surface area contributed by atoms with Crippen LogP contribution in [-0.4, -0.2) is 35.5 Å². The zero-order valence-corrected chi connectivity index (χ0v) is 10.1. The van der Waals surface area contributed by atoms with E-state index in [1.807, 2.05) is 0 Å². The van der Waals surface area contributed by atoms with Crippen molar-refractivity contribution in [1.82, 2.24) is 4.90 Å². The van der Waals surface area contributed by atoms with Crippen molar-refractivity contribution in [1.29, 1.82) is 0 Å². The van der Waals surface area contributed by atoms with Crippen LogP contribution in [0.1, 0.15) is 39.0 Å². The van der Waals surface area contributed by atoms with E-state index in [0.717, 1.165) is 6.54 Å². The highest BCUT2D eigenvalue weighted by Crippen LogP contribution is 2.25. The molecule has 0 aromatic carbocycles. The van der Waals surface area contributed by atoms with E-state index in [-0.39, 0.29) is 12.3 Å². The molecule has 1 N–H and O–H groups in total. The van der Waals surface area contributed by atoms with Crippen molar-refractivity contribution in [2.24, 2.45) is 11.8 Å². The van der Waals surface area contributed by atoms with E-state index in [2.05, 4.69) is 0 Å². The fourth-order valence-corrected chi connectivity index (χ4v) is 2.19. The number of rotatable bonds is 5. The van der Waals surface area contributed by atoms with Gasteiger partial charge in [-0.1, -0.05) is 19.8 Å². The Morgan fingerprint density at radius 2 is 1.94 bits per heavy atom. The van der Waals surface area contributed by atoms with Gasteiger partial charge >= 0.3 is 5.97 Å². The van der Waals surface area contributed by atoms with Crippen LogP contribution in [0.2, 0.25) is 0 Å². The predicted octanol–water partition coefficient (Wildman–Crippen LogP) is 1.75. The third kappa shape index (κ3) is 3.83. The van der Waals surface area contributed by atoms with E-state index in [0.29, 0.717) is 5.92 Å². The molecule has 0 heterocycles. The summed E-state index contributed by atoms with van der Waals surface area (Å²) in [6, 6.07) is 0. The highest BCUT2D eigenvalue weighted by molar-refractivity contribution is 5.81. The predicted molar refractivity (Wildman–Crippen MR) is 61.0 cm³/mol. The van der Waals surface area contributed by atoms with Gasteiger partial charge in [-0.25, -0.2) is 0 Å². The van der Waals surface area contributed by atoms with Crippen LogP contribution in [0.3, 0.4) is 0 Å². The summed E-state index contributed by atoms with van der Waals surface area (Å²) in [7, 11) is 1.77. The van der Waals surface area contributed by atoms with Gasteiger partial charge in [0.05, 0.1) is 5.92 Å². The molecule has 4 nitrogen and oxygen atoms in total. The Hall–Kier alpha value is -1.06. The van der Waals surface area contributed by atoms with Crippen molar-refractivity contribution < 1.29 is 14.7 Å². The van der Waals surface area contributed by atoms with Crippen LogP contribution < -0.4 is 0 Å². The molecule has 16 heavy (non-hydrogen) atoms. The maximum atomic E-state index is 11.7. The second kappa shape index (κ2) is 5.87. The van der Waals surface area contributed by atoms with Crippen LogP contribution in [0.25, 0.3) is 0 Å². The minimum Gasteiger partial charge on any atom is -0.481 e. The highest BCUT2D eigenvalue weighted by atomic mass is 16.4. The van der Waals surface area contributed by atoms with Crippen LogP contribution >= 0.6 is 0 Å². The Kier molecular flexibility index (Phi) is 4.77. The number of carboxylic acids is 1. The van der Waals surface area contributed by atoms with Crippen molar-refractivity contribution in [2.45, 2.75) is 39.0 Å². The standard InChI is InChI=1S/C12H21NO3/c1-9(12(15)16)7-11(14)13(2)8-10-5-3-4-6-10/h9-10H,3-8H2,1-2H3,(H,15,16). The Labute approximate surface area is 96.6 Å². The lowest BCUT2D eigenvalue weighted by molar-refractivity contribution is -0.145. The maximum Gasteiger partial charge on any atom is 0.306 e. The van der Waals surface area contributed by atoms with Crippen LogP contribution in [0.5, 0.6) is 0 Å². The van der Waals surface area contributed by atoms with E-state index < -0.39 is 11.9 Å². The van der Waals surface area contributed by atoms with Crippen molar-refractivity contribution in [3.05, 3.63) is 0 Å². The van der Waals surface area contributed by atoms with Gasteiger partial charge in [-0.2, -0.15) is 0 Å². The smallest absolute Gasteiger partial charge is 0.306 e. The summed E-state index contributed by atoms with van der Waals surface area (Å²) in [4.78, 5) is 24.0. The van der Waals surface area contributed by atoms with Crippen LogP contribution in [0.15, 0.2) is 0 Å². The molecule has 1 unspecified atom stereocenters. The molecule has 0 radical (unpaired) electrons. The molecule has 0 bridgehead atoms. The quantitative estimate of drug-likeness (QED) is 0.778. The third-order valence-electron chi connectivity index (χ3n) is 3.33. The molecule has 1 aliphatic rings. The van der Waals surface area contributed by atoms with Crippen LogP contribution in [0.4, 0.5) is 0 Å². The van der Waals surface area contributed by atoms with Gasteiger partial charge in [0.1, 0.15) is 0 Å². The molecular formula is C12H21NO3. The summed E-state index contributed by atoms with van der Waals surface area (Å²) in [5, 5.41) is 8.73. The molecule has 1 atom stereocenters. The van der Waals surface area contributed by atoms with Crippen LogP contribution in [0, 0.1) is 11.8 Å². The zero-order chi connectivity index (χ0) is 12.1. The molecule has 4 heteroatoms. The van der Waals surface area contributed by atoms with Gasteiger partial charge in [0, 0.05) is 20.0 Å². The molecule has 0 aliphatic heterocycles. The molecule has 1 fully saturated rings.